The molecule has 0 bridgehead atoms. The van der Waals surface area contributed by atoms with Crippen LogP contribution >= 0.6 is 31.9 Å². The Morgan fingerprint density at radius 2 is 1.83 bits per heavy atom. The molecule has 0 aliphatic rings. The van der Waals surface area contributed by atoms with Crippen LogP contribution < -0.4 is 4.90 Å². The van der Waals surface area contributed by atoms with Gasteiger partial charge in [-0.3, -0.25) is 0 Å². The lowest BCUT2D eigenvalue weighted by Crippen LogP contribution is -2.13. The van der Waals surface area contributed by atoms with Gasteiger partial charge < -0.3 is 4.90 Å². The number of halogens is 2. The highest BCUT2D eigenvalue weighted by Gasteiger charge is 2.11. The number of pyridine rings is 1. The molecule has 2 rings (SSSR count). The number of benzene rings is 1. The number of aryl methyl sites for hydroxylation is 2. The summed E-state index contributed by atoms with van der Waals surface area (Å²) in [5, 5.41) is 0. The summed E-state index contributed by atoms with van der Waals surface area (Å²) in [6.45, 7) is 4.22. The maximum atomic E-state index is 4.45. The van der Waals surface area contributed by atoms with Crippen LogP contribution in [0.3, 0.4) is 0 Å². The van der Waals surface area contributed by atoms with Crippen LogP contribution in [0.15, 0.2) is 39.4 Å². The van der Waals surface area contributed by atoms with E-state index in [2.05, 4.69) is 73.8 Å². The fourth-order valence-electron chi connectivity index (χ4n) is 1.95. The van der Waals surface area contributed by atoms with Crippen molar-refractivity contribution >= 4 is 43.4 Å². The van der Waals surface area contributed by atoms with E-state index in [1.54, 1.807) is 6.20 Å². The second-order valence-electron chi connectivity index (χ2n) is 4.31. The molecule has 2 nitrogen and oxygen atoms in total. The average Bonchev–Trinajstić information content (AvgIpc) is 2.28. The second-order valence-corrected chi connectivity index (χ2v) is 6.08. The van der Waals surface area contributed by atoms with E-state index in [0.717, 1.165) is 20.5 Å². The van der Waals surface area contributed by atoms with Crippen molar-refractivity contribution in [3.8, 4) is 0 Å². The first-order chi connectivity index (χ1) is 8.49. The summed E-state index contributed by atoms with van der Waals surface area (Å²) in [6, 6.07) is 8.42. The first-order valence-corrected chi connectivity index (χ1v) is 7.19. The second kappa shape index (κ2) is 5.41. The highest BCUT2D eigenvalue weighted by atomic mass is 79.9. The van der Waals surface area contributed by atoms with Crippen molar-refractivity contribution < 1.29 is 0 Å². The van der Waals surface area contributed by atoms with E-state index in [-0.39, 0.29) is 0 Å². The van der Waals surface area contributed by atoms with E-state index in [1.807, 2.05) is 13.1 Å². The van der Waals surface area contributed by atoms with Crippen LogP contribution in [-0.2, 0) is 0 Å². The van der Waals surface area contributed by atoms with Gasteiger partial charge in [-0.25, -0.2) is 4.98 Å². The lowest BCUT2D eigenvalue weighted by atomic mass is 10.1. The Morgan fingerprint density at radius 3 is 2.44 bits per heavy atom. The molecule has 0 saturated carbocycles. The largest absolute Gasteiger partial charge is 0.328 e. The van der Waals surface area contributed by atoms with E-state index in [4.69, 9.17) is 0 Å². The minimum atomic E-state index is 0.908. The maximum Gasteiger partial charge on any atom is 0.147 e. The molecule has 0 radical (unpaired) electrons. The predicted octanol–water partition coefficient (Wildman–Crippen LogP) is 4.99. The molecule has 0 atom stereocenters. The monoisotopic (exact) mass is 368 g/mol. The van der Waals surface area contributed by atoms with Gasteiger partial charge in [0, 0.05) is 23.4 Å². The third-order valence-electron chi connectivity index (χ3n) is 2.82. The summed E-state index contributed by atoms with van der Waals surface area (Å²) in [5.74, 6) is 0.908. The molecule has 0 aliphatic carbocycles. The summed E-state index contributed by atoms with van der Waals surface area (Å²) >= 11 is 6.96. The van der Waals surface area contributed by atoms with Crippen molar-refractivity contribution in [2.45, 2.75) is 13.8 Å². The maximum absolute atomic E-state index is 4.45. The van der Waals surface area contributed by atoms with Gasteiger partial charge in [0.05, 0.1) is 4.47 Å². The van der Waals surface area contributed by atoms with Gasteiger partial charge in [-0.2, -0.15) is 0 Å². The van der Waals surface area contributed by atoms with Gasteiger partial charge in [0.1, 0.15) is 5.82 Å². The quantitative estimate of drug-likeness (QED) is 0.741. The number of hydrogen-bond donors (Lipinski definition) is 0. The summed E-state index contributed by atoms with van der Waals surface area (Å²) in [6.07, 6.45) is 1.81. The zero-order valence-electron chi connectivity index (χ0n) is 10.5. The average molecular weight is 370 g/mol. The van der Waals surface area contributed by atoms with Crippen LogP contribution in [0.1, 0.15) is 11.1 Å². The lowest BCUT2D eigenvalue weighted by molar-refractivity contribution is 1.10. The number of hydrogen-bond acceptors (Lipinski definition) is 2. The van der Waals surface area contributed by atoms with Gasteiger partial charge in [0.15, 0.2) is 0 Å². The van der Waals surface area contributed by atoms with Crippen LogP contribution in [0.25, 0.3) is 0 Å². The SMILES string of the molecule is Cc1ccc(N(C)c2ncc(Br)cc2Br)c(C)c1. The van der Waals surface area contributed by atoms with Crippen molar-refractivity contribution in [2.75, 3.05) is 11.9 Å². The molecular weight excluding hydrogens is 356 g/mol. The summed E-state index contributed by atoms with van der Waals surface area (Å²) in [4.78, 5) is 6.54. The van der Waals surface area contributed by atoms with Crippen molar-refractivity contribution in [2.24, 2.45) is 0 Å². The predicted molar refractivity (Wildman–Crippen MR) is 83.6 cm³/mol. The number of nitrogens with zero attached hydrogens (tertiary/aromatic N) is 2. The van der Waals surface area contributed by atoms with Gasteiger partial charge in [0.2, 0.25) is 0 Å². The van der Waals surface area contributed by atoms with Crippen molar-refractivity contribution in [3.05, 3.63) is 50.5 Å². The van der Waals surface area contributed by atoms with E-state index in [9.17, 15) is 0 Å². The molecule has 0 aliphatic heterocycles. The Hall–Kier alpha value is -0.870. The summed E-state index contributed by atoms with van der Waals surface area (Å²) in [5.41, 5.74) is 3.68. The summed E-state index contributed by atoms with van der Waals surface area (Å²) < 4.78 is 1.94. The van der Waals surface area contributed by atoms with Gasteiger partial charge >= 0.3 is 0 Å². The topological polar surface area (TPSA) is 16.1 Å². The minimum Gasteiger partial charge on any atom is -0.328 e. The Labute approximate surface area is 124 Å². The molecule has 1 aromatic heterocycles. The molecule has 94 valence electrons. The smallest absolute Gasteiger partial charge is 0.147 e. The third-order valence-corrected chi connectivity index (χ3v) is 3.84. The highest BCUT2D eigenvalue weighted by molar-refractivity contribution is 9.11. The molecule has 18 heavy (non-hydrogen) atoms. The molecule has 0 unspecified atom stereocenters. The molecule has 1 aromatic carbocycles. The first-order valence-electron chi connectivity index (χ1n) is 5.61. The molecular formula is C14H14Br2N2. The fraction of sp³-hybridized carbons (Fsp3) is 0.214. The molecule has 0 N–H and O–H groups in total. The Kier molecular flexibility index (Phi) is 4.07. The number of aromatic nitrogens is 1. The standard InChI is InChI=1S/C14H14Br2N2/c1-9-4-5-13(10(2)6-9)18(3)14-12(16)7-11(15)8-17-14/h4-8H,1-3H3. The molecule has 0 spiro atoms. The van der Waals surface area contributed by atoms with Gasteiger partial charge in [-0.1, -0.05) is 17.7 Å². The molecule has 1 heterocycles. The third kappa shape index (κ3) is 2.75. The first kappa shape index (κ1) is 13.6. The van der Waals surface area contributed by atoms with Crippen LogP contribution in [0.2, 0.25) is 0 Å². The van der Waals surface area contributed by atoms with Crippen LogP contribution in [0.4, 0.5) is 11.5 Å². The Morgan fingerprint density at radius 1 is 1.11 bits per heavy atom. The van der Waals surface area contributed by atoms with Gasteiger partial charge in [0.25, 0.3) is 0 Å². The molecule has 2 aromatic rings. The number of rotatable bonds is 2. The molecule has 0 fully saturated rings. The molecule has 0 saturated heterocycles. The molecule has 0 amide bonds. The van der Waals surface area contributed by atoms with E-state index < -0.39 is 0 Å². The lowest BCUT2D eigenvalue weighted by Gasteiger charge is -2.22. The van der Waals surface area contributed by atoms with Crippen LogP contribution in [0.5, 0.6) is 0 Å². The van der Waals surface area contributed by atoms with Gasteiger partial charge in [-0.15, -0.1) is 0 Å². The van der Waals surface area contributed by atoms with Crippen molar-refractivity contribution in [1.82, 2.24) is 4.98 Å². The van der Waals surface area contributed by atoms with Crippen molar-refractivity contribution in [3.63, 3.8) is 0 Å². The number of anilines is 2. The molecule has 4 heteroatoms. The zero-order chi connectivity index (χ0) is 13.3. The van der Waals surface area contributed by atoms with Gasteiger partial charge in [-0.05, 0) is 63.4 Å². The normalized spacial score (nSPS) is 10.5. The Bertz CT molecular complexity index is 531. The minimum absolute atomic E-state index is 0.908. The highest BCUT2D eigenvalue weighted by Crippen LogP contribution is 2.32. The van der Waals surface area contributed by atoms with E-state index >= 15 is 0 Å². The van der Waals surface area contributed by atoms with Crippen molar-refractivity contribution in [1.29, 1.82) is 0 Å². The fourth-order valence-corrected chi connectivity index (χ4v) is 3.20. The van der Waals surface area contributed by atoms with E-state index in [1.165, 1.54) is 11.1 Å². The van der Waals surface area contributed by atoms with Crippen LogP contribution in [-0.4, -0.2) is 12.0 Å². The zero-order valence-corrected chi connectivity index (χ0v) is 13.7. The van der Waals surface area contributed by atoms with E-state index in [0.29, 0.717) is 0 Å². The Balaban J connectivity index is 2.44. The van der Waals surface area contributed by atoms with Crippen LogP contribution in [0, 0.1) is 13.8 Å². The summed E-state index contributed by atoms with van der Waals surface area (Å²) in [7, 11) is 2.03.